The largest absolute Gasteiger partial charge is 0.490 e. The minimum atomic E-state index is -0.833. The lowest BCUT2D eigenvalue weighted by Gasteiger charge is -2.03. The van der Waals surface area contributed by atoms with Gasteiger partial charge in [-0.3, -0.25) is 4.79 Å². The monoisotopic (exact) mass is 276 g/mol. The molecule has 0 aliphatic heterocycles. The van der Waals surface area contributed by atoms with E-state index >= 15 is 0 Å². The van der Waals surface area contributed by atoms with Gasteiger partial charge in [0.05, 0.1) is 0 Å². The number of carboxylic acid groups (broad SMARTS) is 1. The number of nitrogens with one attached hydrogen (secondary N) is 1. The summed E-state index contributed by atoms with van der Waals surface area (Å²) in [7, 11) is 0. The highest BCUT2D eigenvalue weighted by Gasteiger charge is 2.04. The minimum Gasteiger partial charge on any atom is -0.490 e. The lowest BCUT2D eigenvalue weighted by atomic mass is 10.1. The van der Waals surface area contributed by atoms with Gasteiger partial charge in [0.2, 0.25) is 0 Å². The Bertz CT molecular complexity index is 572. The van der Waals surface area contributed by atoms with E-state index in [1.54, 1.807) is 6.08 Å². The molecule has 108 valence electrons. The van der Waals surface area contributed by atoms with E-state index in [4.69, 9.17) is 20.4 Å². The van der Waals surface area contributed by atoms with Crippen LogP contribution in [0.3, 0.4) is 0 Å². The van der Waals surface area contributed by atoms with Crippen molar-refractivity contribution in [2.45, 2.75) is 13.3 Å². The molecular weight excluding hydrogens is 256 g/mol. The molecule has 0 radical (unpaired) electrons. The number of nitrogens with two attached hydrogens (primary N) is 1. The zero-order chi connectivity index (χ0) is 15.0. The summed E-state index contributed by atoms with van der Waals surface area (Å²) in [5, 5.41) is 8.60. The molecule has 0 aliphatic carbocycles. The van der Waals surface area contributed by atoms with Gasteiger partial charge in [-0.15, -0.1) is 0 Å². The molecule has 1 aromatic carbocycles. The number of fused-ring (bicyclic) bond motifs is 1. The predicted octanol–water partition coefficient (Wildman–Crippen LogP) is 2.32. The average molecular weight is 276 g/mol. The third kappa shape index (κ3) is 4.78. The maximum atomic E-state index is 9.00. The summed E-state index contributed by atoms with van der Waals surface area (Å²) in [4.78, 5) is 12.2. The lowest BCUT2D eigenvalue weighted by molar-refractivity contribution is -0.134. The fourth-order valence-corrected chi connectivity index (χ4v) is 1.76. The molecular formula is C15H20N2O3. The zero-order valence-corrected chi connectivity index (χ0v) is 11.6. The van der Waals surface area contributed by atoms with Gasteiger partial charge in [-0.1, -0.05) is 12.7 Å². The number of aliphatic carboxylic acids is 1. The van der Waals surface area contributed by atoms with Crippen LogP contribution in [0.2, 0.25) is 0 Å². The summed E-state index contributed by atoms with van der Waals surface area (Å²) in [5.74, 6) is 0.0327. The first-order chi connectivity index (χ1) is 9.58. The highest BCUT2D eigenvalue weighted by Crippen LogP contribution is 2.23. The molecule has 0 fully saturated rings. The van der Waals surface area contributed by atoms with E-state index in [0.29, 0.717) is 13.2 Å². The molecule has 4 N–H and O–H groups in total. The number of benzene rings is 1. The van der Waals surface area contributed by atoms with Gasteiger partial charge >= 0.3 is 0 Å². The standard InChI is InChI=1S/C13H16N2O.C2H4O2/c1-2-7-16-11-3-4-13-12(8-11)10(5-6-14)9-15-13;1-2(3)4/h2-4,8-9,15H,1,5-7,14H2;1H3,(H,3,4). The van der Waals surface area contributed by atoms with E-state index in [-0.39, 0.29) is 0 Å². The molecule has 2 aromatic rings. The van der Waals surface area contributed by atoms with E-state index in [1.165, 1.54) is 10.9 Å². The van der Waals surface area contributed by atoms with Crippen LogP contribution in [0.1, 0.15) is 12.5 Å². The van der Waals surface area contributed by atoms with Crippen LogP contribution in [-0.4, -0.2) is 29.2 Å². The number of hydrogen-bond donors (Lipinski definition) is 3. The van der Waals surface area contributed by atoms with E-state index < -0.39 is 5.97 Å². The van der Waals surface area contributed by atoms with Crippen LogP contribution in [0, 0.1) is 0 Å². The number of aromatic nitrogens is 1. The van der Waals surface area contributed by atoms with Crippen LogP contribution < -0.4 is 10.5 Å². The van der Waals surface area contributed by atoms with Crippen molar-refractivity contribution >= 4 is 16.9 Å². The van der Waals surface area contributed by atoms with Gasteiger partial charge in [0.1, 0.15) is 12.4 Å². The Morgan fingerprint density at radius 2 is 2.25 bits per heavy atom. The van der Waals surface area contributed by atoms with Gasteiger partial charge in [-0.25, -0.2) is 0 Å². The molecule has 0 bridgehead atoms. The number of carboxylic acids is 1. The summed E-state index contributed by atoms with van der Waals surface area (Å²) in [5.41, 5.74) is 7.93. The van der Waals surface area contributed by atoms with E-state index in [9.17, 15) is 0 Å². The molecule has 20 heavy (non-hydrogen) atoms. The Kier molecular flexibility index (Phi) is 6.32. The summed E-state index contributed by atoms with van der Waals surface area (Å²) >= 11 is 0. The molecule has 0 atom stereocenters. The van der Waals surface area contributed by atoms with Crippen molar-refractivity contribution in [1.82, 2.24) is 4.98 Å². The highest BCUT2D eigenvalue weighted by molar-refractivity contribution is 5.84. The molecule has 2 rings (SSSR count). The van der Waals surface area contributed by atoms with E-state index in [2.05, 4.69) is 11.6 Å². The predicted molar refractivity (Wildman–Crippen MR) is 80.1 cm³/mol. The molecule has 5 nitrogen and oxygen atoms in total. The highest BCUT2D eigenvalue weighted by atomic mass is 16.5. The van der Waals surface area contributed by atoms with Crippen LogP contribution in [0.4, 0.5) is 0 Å². The summed E-state index contributed by atoms with van der Waals surface area (Å²) in [6, 6.07) is 6.02. The molecule has 0 unspecified atom stereocenters. The van der Waals surface area contributed by atoms with Gasteiger partial charge in [0.25, 0.3) is 5.97 Å². The first-order valence-electron chi connectivity index (χ1n) is 6.31. The number of rotatable bonds is 5. The smallest absolute Gasteiger partial charge is 0.300 e. The number of carbonyl (C=O) groups is 1. The Hall–Kier alpha value is -2.27. The second-order valence-electron chi connectivity index (χ2n) is 4.18. The Balaban J connectivity index is 0.000000444. The molecule has 5 heteroatoms. The summed E-state index contributed by atoms with van der Waals surface area (Å²) in [6.45, 7) is 5.90. The molecule has 0 spiro atoms. The second kappa shape index (κ2) is 8.01. The van der Waals surface area contributed by atoms with Crippen molar-refractivity contribution in [2.75, 3.05) is 13.2 Å². The first-order valence-corrected chi connectivity index (χ1v) is 6.31. The van der Waals surface area contributed by atoms with Crippen molar-refractivity contribution in [2.24, 2.45) is 5.73 Å². The fraction of sp³-hybridized carbons (Fsp3) is 0.267. The Labute approximate surface area is 118 Å². The SMILES string of the molecule is C=CCOc1ccc2[nH]cc(CCN)c2c1.CC(=O)O. The van der Waals surface area contributed by atoms with Gasteiger partial charge in [0.15, 0.2) is 0 Å². The average Bonchev–Trinajstić information content (AvgIpc) is 2.79. The molecule has 1 aromatic heterocycles. The van der Waals surface area contributed by atoms with Crippen molar-refractivity contribution < 1.29 is 14.6 Å². The zero-order valence-electron chi connectivity index (χ0n) is 11.6. The molecule has 0 amide bonds. The van der Waals surface area contributed by atoms with Crippen LogP contribution >= 0.6 is 0 Å². The van der Waals surface area contributed by atoms with Crippen molar-refractivity contribution in [3.05, 3.63) is 42.6 Å². The topological polar surface area (TPSA) is 88.3 Å². The summed E-state index contributed by atoms with van der Waals surface area (Å²) < 4.78 is 5.50. The molecule has 0 aliphatic rings. The Morgan fingerprint density at radius 1 is 1.55 bits per heavy atom. The van der Waals surface area contributed by atoms with Gasteiger partial charge in [-0.05, 0) is 36.7 Å². The normalized spacial score (nSPS) is 9.70. The minimum absolute atomic E-state index is 0.530. The number of H-pyrrole nitrogens is 1. The third-order valence-electron chi connectivity index (χ3n) is 2.52. The first kappa shape index (κ1) is 15.8. The second-order valence-corrected chi connectivity index (χ2v) is 4.18. The van der Waals surface area contributed by atoms with Crippen molar-refractivity contribution in [1.29, 1.82) is 0 Å². The number of ether oxygens (including phenoxy) is 1. The van der Waals surface area contributed by atoms with Crippen LogP contribution in [0.5, 0.6) is 5.75 Å². The van der Waals surface area contributed by atoms with Gasteiger partial charge in [-0.2, -0.15) is 0 Å². The van der Waals surface area contributed by atoms with Gasteiger partial charge in [0, 0.05) is 24.0 Å². The van der Waals surface area contributed by atoms with Crippen LogP contribution in [0.25, 0.3) is 10.9 Å². The van der Waals surface area contributed by atoms with Crippen LogP contribution in [0.15, 0.2) is 37.1 Å². The molecule has 1 heterocycles. The van der Waals surface area contributed by atoms with E-state index in [0.717, 1.165) is 24.6 Å². The van der Waals surface area contributed by atoms with E-state index in [1.807, 2.05) is 24.4 Å². The van der Waals surface area contributed by atoms with Crippen LogP contribution in [-0.2, 0) is 11.2 Å². The third-order valence-corrected chi connectivity index (χ3v) is 2.52. The molecule has 0 saturated heterocycles. The molecule has 0 saturated carbocycles. The number of aromatic amines is 1. The number of hydrogen-bond acceptors (Lipinski definition) is 3. The van der Waals surface area contributed by atoms with Crippen molar-refractivity contribution in [3.63, 3.8) is 0 Å². The lowest BCUT2D eigenvalue weighted by Crippen LogP contribution is -2.01. The maximum Gasteiger partial charge on any atom is 0.300 e. The quantitative estimate of drug-likeness (QED) is 0.731. The van der Waals surface area contributed by atoms with Gasteiger partial charge < -0.3 is 20.6 Å². The summed E-state index contributed by atoms with van der Waals surface area (Å²) in [6.07, 6.45) is 4.63. The fourth-order valence-electron chi connectivity index (χ4n) is 1.76. The Morgan fingerprint density at radius 3 is 2.85 bits per heavy atom. The van der Waals surface area contributed by atoms with Crippen molar-refractivity contribution in [3.8, 4) is 5.75 Å². The maximum absolute atomic E-state index is 9.00.